The lowest BCUT2D eigenvalue weighted by atomic mass is 10.2. The molecular weight excluding hydrogens is 398 g/mol. The van der Waals surface area contributed by atoms with Gasteiger partial charge in [0.2, 0.25) is 0 Å². The molecule has 0 radical (unpaired) electrons. The largest absolute Gasteiger partial charge is 0.319 e. The number of nitrogens with zero attached hydrogens (tertiary/aromatic N) is 4. The maximum Gasteiger partial charge on any atom is 0.266 e. The van der Waals surface area contributed by atoms with Gasteiger partial charge in [0, 0.05) is 18.7 Å². The molecule has 1 N–H and O–H groups in total. The molecule has 30 heavy (non-hydrogen) atoms. The van der Waals surface area contributed by atoms with Crippen LogP contribution in [0.15, 0.2) is 35.1 Å². The van der Waals surface area contributed by atoms with E-state index in [-0.39, 0.29) is 11.5 Å². The summed E-state index contributed by atoms with van der Waals surface area (Å²) >= 11 is 1.28. The Morgan fingerprint density at radius 1 is 1.20 bits per heavy atom. The fraction of sp³-hybridized carbons (Fsp3) is 0.273. The molecule has 0 fully saturated rings. The first-order chi connectivity index (χ1) is 14.4. The summed E-state index contributed by atoms with van der Waals surface area (Å²) < 4.78 is 3.56. The summed E-state index contributed by atoms with van der Waals surface area (Å²) in [6, 6.07) is 9.56. The Kier molecular flexibility index (Phi) is 4.32. The third-order valence-electron chi connectivity index (χ3n) is 5.51. The number of aryl methyl sites for hydroxylation is 4. The summed E-state index contributed by atoms with van der Waals surface area (Å²) in [4.78, 5) is 31.9. The number of nitrogens with one attached hydrogen (secondary N) is 1. The fourth-order valence-corrected chi connectivity index (χ4v) is 5.19. The number of hydrogen-bond donors (Lipinski definition) is 1. The van der Waals surface area contributed by atoms with Crippen LogP contribution in [0, 0.1) is 20.8 Å². The monoisotopic (exact) mass is 419 g/mol. The van der Waals surface area contributed by atoms with E-state index in [1.807, 2.05) is 55.8 Å². The van der Waals surface area contributed by atoms with Crippen molar-refractivity contribution in [2.45, 2.75) is 40.2 Å². The molecule has 0 bridgehead atoms. The first-order valence-corrected chi connectivity index (χ1v) is 10.7. The van der Waals surface area contributed by atoms with Gasteiger partial charge in [-0.25, -0.2) is 9.67 Å². The van der Waals surface area contributed by atoms with E-state index in [2.05, 4.69) is 15.4 Å². The second-order valence-corrected chi connectivity index (χ2v) is 8.63. The second kappa shape index (κ2) is 6.91. The van der Waals surface area contributed by atoms with Gasteiger partial charge >= 0.3 is 0 Å². The average molecular weight is 420 g/mol. The maximum atomic E-state index is 13.2. The quantitative estimate of drug-likeness (QED) is 0.548. The molecule has 1 aliphatic heterocycles. The molecule has 1 aliphatic rings. The first-order valence-electron chi connectivity index (χ1n) is 9.91. The highest BCUT2D eigenvalue weighted by Gasteiger charge is 2.24. The van der Waals surface area contributed by atoms with Gasteiger partial charge in [-0.05, 0) is 51.0 Å². The SMILES string of the molecule is Cc1cc(C)n(-c2ccccc2NC(=O)c2sc3nc4n(c(=O)c3c2C)CCC4)n1. The van der Waals surface area contributed by atoms with Crippen molar-refractivity contribution in [1.82, 2.24) is 19.3 Å². The van der Waals surface area contributed by atoms with E-state index in [4.69, 9.17) is 0 Å². The van der Waals surface area contributed by atoms with E-state index in [0.29, 0.717) is 32.9 Å². The zero-order chi connectivity index (χ0) is 21.0. The van der Waals surface area contributed by atoms with Gasteiger partial charge in [-0.1, -0.05) is 12.1 Å². The van der Waals surface area contributed by atoms with Crippen molar-refractivity contribution >= 4 is 33.1 Å². The Morgan fingerprint density at radius 3 is 2.77 bits per heavy atom. The topological polar surface area (TPSA) is 81.8 Å². The van der Waals surface area contributed by atoms with Gasteiger partial charge in [0.25, 0.3) is 11.5 Å². The summed E-state index contributed by atoms with van der Waals surface area (Å²) in [5, 5.41) is 8.11. The van der Waals surface area contributed by atoms with Crippen LogP contribution in [0.3, 0.4) is 0 Å². The average Bonchev–Trinajstić information content (AvgIpc) is 3.40. The Balaban J connectivity index is 1.55. The van der Waals surface area contributed by atoms with Crippen LogP contribution in [-0.2, 0) is 13.0 Å². The van der Waals surface area contributed by atoms with Crippen LogP contribution >= 0.6 is 11.3 Å². The van der Waals surface area contributed by atoms with Gasteiger partial charge < -0.3 is 5.32 Å². The van der Waals surface area contributed by atoms with E-state index in [9.17, 15) is 9.59 Å². The number of carbonyl (C=O) groups excluding carboxylic acids is 1. The highest BCUT2D eigenvalue weighted by atomic mass is 32.1. The Labute approximate surface area is 177 Å². The van der Waals surface area contributed by atoms with Gasteiger partial charge in [-0.2, -0.15) is 5.10 Å². The normalized spacial score (nSPS) is 13.0. The zero-order valence-electron chi connectivity index (χ0n) is 17.0. The minimum absolute atomic E-state index is 0.0386. The lowest BCUT2D eigenvalue weighted by Crippen LogP contribution is -2.21. The van der Waals surface area contributed by atoms with Crippen molar-refractivity contribution in [3.63, 3.8) is 0 Å². The van der Waals surface area contributed by atoms with Crippen LogP contribution < -0.4 is 10.9 Å². The number of rotatable bonds is 3. The molecule has 7 nitrogen and oxygen atoms in total. The van der Waals surface area contributed by atoms with Gasteiger partial charge in [0.05, 0.1) is 27.3 Å². The van der Waals surface area contributed by atoms with Crippen molar-refractivity contribution in [1.29, 1.82) is 0 Å². The molecule has 8 heteroatoms. The number of para-hydroxylation sites is 2. The second-order valence-electron chi connectivity index (χ2n) is 7.63. The van der Waals surface area contributed by atoms with Crippen LogP contribution in [-0.4, -0.2) is 25.2 Å². The lowest BCUT2D eigenvalue weighted by molar-refractivity contribution is 0.103. The third kappa shape index (κ3) is 2.87. The first kappa shape index (κ1) is 18.7. The predicted octanol–water partition coefficient (Wildman–Crippen LogP) is 3.77. The summed E-state index contributed by atoms with van der Waals surface area (Å²) in [5.41, 5.74) is 4.01. The highest BCUT2D eigenvalue weighted by Crippen LogP contribution is 2.30. The number of amides is 1. The van der Waals surface area contributed by atoms with Crippen molar-refractivity contribution in [3.05, 3.63) is 68.3 Å². The number of fused-ring (bicyclic) bond motifs is 2. The molecule has 152 valence electrons. The van der Waals surface area contributed by atoms with Crippen LogP contribution in [0.2, 0.25) is 0 Å². The Morgan fingerprint density at radius 2 is 2.00 bits per heavy atom. The smallest absolute Gasteiger partial charge is 0.266 e. The van der Waals surface area contributed by atoms with Crippen LogP contribution in [0.1, 0.15) is 38.9 Å². The van der Waals surface area contributed by atoms with Gasteiger partial charge in [-0.15, -0.1) is 11.3 Å². The number of anilines is 1. The number of hydrogen-bond acceptors (Lipinski definition) is 5. The molecule has 4 heterocycles. The van der Waals surface area contributed by atoms with Gasteiger partial charge in [-0.3, -0.25) is 14.2 Å². The van der Waals surface area contributed by atoms with Crippen molar-refractivity contribution in [3.8, 4) is 5.69 Å². The fourth-order valence-electron chi connectivity index (χ4n) is 4.11. The summed E-state index contributed by atoms with van der Waals surface area (Å²) in [6.07, 6.45) is 1.74. The zero-order valence-corrected chi connectivity index (χ0v) is 17.8. The van der Waals surface area contributed by atoms with E-state index in [1.54, 1.807) is 4.57 Å². The molecule has 0 aliphatic carbocycles. The van der Waals surface area contributed by atoms with Crippen molar-refractivity contribution in [2.75, 3.05) is 5.32 Å². The minimum Gasteiger partial charge on any atom is -0.319 e. The standard InChI is InChI=1S/C22H21N5O2S/c1-12-11-13(2)27(25-12)16-8-5-4-7-15(16)23-20(28)19-14(3)18-21(30-19)24-17-9-6-10-26(17)22(18)29/h4-5,7-8,11H,6,9-10H2,1-3H3,(H,23,28). The summed E-state index contributed by atoms with van der Waals surface area (Å²) in [5.74, 6) is 0.574. The Bertz CT molecular complexity index is 1380. The number of aromatic nitrogens is 4. The summed E-state index contributed by atoms with van der Waals surface area (Å²) in [7, 11) is 0. The molecule has 0 spiro atoms. The number of benzene rings is 1. The minimum atomic E-state index is -0.242. The van der Waals surface area contributed by atoms with Crippen LogP contribution in [0.4, 0.5) is 5.69 Å². The molecule has 4 aromatic rings. The molecule has 3 aromatic heterocycles. The molecule has 5 rings (SSSR count). The predicted molar refractivity (Wildman–Crippen MR) is 118 cm³/mol. The van der Waals surface area contributed by atoms with Crippen molar-refractivity contribution in [2.24, 2.45) is 0 Å². The van der Waals surface area contributed by atoms with Gasteiger partial charge in [0.15, 0.2) is 0 Å². The number of carbonyl (C=O) groups is 1. The third-order valence-corrected chi connectivity index (χ3v) is 6.69. The van der Waals surface area contributed by atoms with Crippen LogP contribution in [0.5, 0.6) is 0 Å². The molecule has 0 saturated carbocycles. The molecule has 1 aromatic carbocycles. The summed E-state index contributed by atoms with van der Waals surface area (Å²) in [6.45, 7) is 6.44. The van der Waals surface area contributed by atoms with E-state index < -0.39 is 0 Å². The van der Waals surface area contributed by atoms with E-state index in [1.165, 1.54) is 11.3 Å². The molecule has 0 unspecified atom stereocenters. The van der Waals surface area contributed by atoms with Crippen molar-refractivity contribution < 1.29 is 4.79 Å². The molecule has 0 atom stereocenters. The van der Waals surface area contributed by atoms with Crippen LogP contribution in [0.25, 0.3) is 15.9 Å². The maximum absolute atomic E-state index is 13.2. The van der Waals surface area contributed by atoms with E-state index in [0.717, 1.165) is 35.7 Å². The number of thiophene rings is 1. The molecule has 0 saturated heterocycles. The molecular formula is C22H21N5O2S. The highest BCUT2D eigenvalue weighted by molar-refractivity contribution is 7.20. The Hall–Kier alpha value is -3.26. The lowest BCUT2D eigenvalue weighted by Gasteiger charge is -2.12. The molecule has 1 amide bonds. The van der Waals surface area contributed by atoms with E-state index >= 15 is 0 Å². The van der Waals surface area contributed by atoms with Gasteiger partial charge in [0.1, 0.15) is 10.7 Å².